The molecule has 3 aliphatic carbocycles. The zero-order chi connectivity index (χ0) is 21.8. The van der Waals surface area contributed by atoms with Crippen LogP contribution in [0.1, 0.15) is 35.5 Å². The highest BCUT2D eigenvalue weighted by molar-refractivity contribution is 7.17. The number of nitrogens with zero attached hydrogens (tertiary/aromatic N) is 5. The molecule has 3 aromatic heterocycles. The summed E-state index contributed by atoms with van der Waals surface area (Å²) in [6.45, 7) is 1.87. The van der Waals surface area contributed by atoms with Gasteiger partial charge >= 0.3 is 5.63 Å². The van der Waals surface area contributed by atoms with Gasteiger partial charge in [-0.1, -0.05) is 11.3 Å². The summed E-state index contributed by atoms with van der Waals surface area (Å²) in [6, 6.07) is 5.58. The Balaban J connectivity index is 1.37. The van der Waals surface area contributed by atoms with Gasteiger partial charge in [0.05, 0.1) is 24.3 Å². The predicted molar refractivity (Wildman–Crippen MR) is 110 cm³/mol. The van der Waals surface area contributed by atoms with E-state index in [9.17, 15) is 14.9 Å². The first-order valence-corrected chi connectivity index (χ1v) is 10.3. The summed E-state index contributed by atoms with van der Waals surface area (Å²) in [5.74, 6) is -0.852. The van der Waals surface area contributed by atoms with Crippen LogP contribution in [0.25, 0.3) is 5.13 Å². The molecule has 3 aromatic rings. The second kappa shape index (κ2) is 6.64. The standard InChI is InChI=1S/C19H17N7O4S/c1-10-3-4-21-26(10)17-25-24-16(31-17)22-14(27)12-5-11(13(29-2)15(28)30-12)23-19-6-18(7-19,8-19)9-20/h3-5,23H,6-8H2,1-2H3,(H,22,24,27). The van der Waals surface area contributed by atoms with Crippen molar-refractivity contribution in [2.75, 3.05) is 17.7 Å². The van der Waals surface area contributed by atoms with Gasteiger partial charge in [-0.2, -0.15) is 10.4 Å². The molecule has 0 atom stereocenters. The maximum absolute atomic E-state index is 12.7. The van der Waals surface area contributed by atoms with Crippen LogP contribution >= 0.6 is 11.3 Å². The van der Waals surface area contributed by atoms with E-state index in [4.69, 9.17) is 9.15 Å². The third-order valence-electron chi connectivity index (χ3n) is 5.65. The molecule has 6 rings (SSSR count). The second-order valence-electron chi connectivity index (χ2n) is 7.90. The van der Waals surface area contributed by atoms with E-state index in [1.807, 2.05) is 13.0 Å². The Hall–Kier alpha value is -3.72. The van der Waals surface area contributed by atoms with Crippen LogP contribution in [0.5, 0.6) is 5.75 Å². The van der Waals surface area contributed by atoms with E-state index in [-0.39, 0.29) is 27.6 Å². The van der Waals surface area contributed by atoms with Gasteiger partial charge in [0, 0.05) is 23.5 Å². The van der Waals surface area contributed by atoms with Crippen LogP contribution < -0.4 is 21.0 Å². The van der Waals surface area contributed by atoms with E-state index < -0.39 is 11.5 Å². The van der Waals surface area contributed by atoms with E-state index in [2.05, 4.69) is 32.0 Å². The molecule has 11 nitrogen and oxygen atoms in total. The van der Waals surface area contributed by atoms with Crippen molar-refractivity contribution in [1.82, 2.24) is 20.0 Å². The van der Waals surface area contributed by atoms with Crippen molar-refractivity contribution in [2.45, 2.75) is 31.7 Å². The molecule has 3 saturated carbocycles. The molecule has 158 valence electrons. The minimum atomic E-state index is -0.774. The Morgan fingerprint density at radius 1 is 1.39 bits per heavy atom. The Morgan fingerprint density at radius 3 is 2.81 bits per heavy atom. The summed E-state index contributed by atoms with van der Waals surface area (Å²) >= 11 is 1.13. The minimum Gasteiger partial charge on any atom is -0.488 e. The van der Waals surface area contributed by atoms with Crippen LogP contribution in [-0.2, 0) is 0 Å². The fourth-order valence-electron chi connectivity index (χ4n) is 4.29. The van der Waals surface area contributed by atoms with Crippen molar-refractivity contribution in [3.63, 3.8) is 0 Å². The van der Waals surface area contributed by atoms with Gasteiger partial charge in [-0.25, -0.2) is 9.48 Å². The molecule has 0 unspecified atom stereocenters. The molecule has 3 fully saturated rings. The molecule has 1 amide bonds. The summed E-state index contributed by atoms with van der Waals surface area (Å²) in [5, 5.41) is 27.9. The zero-order valence-corrected chi connectivity index (χ0v) is 17.4. The van der Waals surface area contributed by atoms with Gasteiger partial charge in [0.2, 0.25) is 16.0 Å². The van der Waals surface area contributed by atoms with Crippen LogP contribution in [0.15, 0.2) is 27.5 Å². The largest absolute Gasteiger partial charge is 0.488 e. The van der Waals surface area contributed by atoms with Gasteiger partial charge < -0.3 is 14.5 Å². The maximum atomic E-state index is 12.7. The number of anilines is 2. The molecule has 0 aromatic carbocycles. The molecule has 0 radical (unpaired) electrons. The number of amides is 1. The lowest BCUT2D eigenvalue weighted by atomic mass is 9.40. The van der Waals surface area contributed by atoms with E-state index in [1.165, 1.54) is 13.2 Å². The van der Waals surface area contributed by atoms with Crippen molar-refractivity contribution < 1.29 is 13.9 Å². The van der Waals surface area contributed by atoms with E-state index in [1.54, 1.807) is 10.9 Å². The summed E-state index contributed by atoms with van der Waals surface area (Å²) in [6.07, 6.45) is 3.73. The quantitative estimate of drug-likeness (QED) is 0.589. The Kier molecular flexibility index (Phi) is 4.13. The van der Waals surface area contributed by atoms with Gasteiger partial charge in [-0.15, -0.1) is 10.2 Å². The lowest BCUT2D eigenvalue weighted by Gasteiger charge is -2.67. The summed E-state index contributed by atoms with van der Waals surface area (Å²) in [4.78, 5) is 25.1. The van der Waals surface area contributed by atoms with Gasteiger partial charge in [0.25, 0.3) is 5.91 Å². The minimum absolute atomic E-state index is 0.0142. The van der Waals surface area contributed by atoms with Crippen LogP contribution in [-0.4, -0.2) is 38.5 Å². The van der Waals surface area contributed by atoms with Crippen molar-refractivity contribution in [2.24, 2.45) is 5.41 Å². The number of nitrogens with one attached hydrogen (secondary N) is 2. The molecule has 12 heteroatoms. The van der Waals surface area contributed by atoms with Crippen molar-refractivity contribution in [3.05, 3.63) is 40.2 Å². The first-order chi connectivity index (χ1) is 14.9. The molecule has 0 saturated heterocycles. The van der Waals surface area contributed by atoms with Crippen molar-refractivity contribution in [1.29, 1.82) is 5.26 Å². The summed E-state index contributed by atoms with van der Waals surface area (Å²) in [7, 11) is 1.36. The number of carbonyl (C=O) groups excluding carboxylic acids is 1. The highest BCUT2D eigenvalue weighted by Crippen LogP contribution is 2.68. The number of hydrogen-bond donors (Lipinski definition) is 2. The number of aryl methyl sites for hydroxylation is 1. The number of carbonyl (C=O) groups is 1. The molecular weight excluding hydrogens is 422 g/mol. The predicted octanol–water partition coefficient (Wildman–Crippen LogP) is 2.10. The van der Waals surface area contributed by atoms with E-state index in [0.717, 1.165) is 17.0 Å². The lowest BCUT2D eigenvalue weighted by molar-refractivity contribution is -0.0661. The SMILES string of the molecule is COc1c(NC23CC(C#N)(C2)C3)cc(C(=O)Nc2nnc(-n3nccc3C)s2)oc1=O. The number of rotatable bonds is 6. The van der Waals surface area contributed by atoms with Gasteiger partial charge in [-0.3, -0.25) is 10.1 Å². The fourth-order valence-corrected chi connectivity index (χ4v) is 5.04. The highest BCUT2D eigenvalue weighted by atomic mass is 32.1. The van der Waals surface area contributed by atoms with Crippen LogP contribution in [0, 0.1) is 23.7 Å². The number of hydrogen-bond acceptors (Lipinski definition) is 10. The maximum Gasteiger partial charge on any atom is 0.381 e. The topological polar surface area (TPSA) is 148 Å². The van der Waals surface area contributed by atoms with Crippen LogP contribution in [0.4, 0.5) is 10.8 Å². The van der Waals surface area contributed by atoms with E-state index >= 15 is 0 Å². The molecular formula is C19H17N7O4S. The Labute approximate surface area is 179 Å². The van der Waals surface area contributed by atoms with Gasteiger partial charge in [0.15, 0.2) is 5.76 Å². The fraction of sp³-hybridized carbons (Fsp3) is 0.368. The molecule has 31 heavy (non-hydrogen) atoms. The Morgan fingerprint density at radius 2 is 2.16 bits per heavy atom. The first-order valence-electron chi connectivity index (χ1n) is 9.43. The number of aromatic nitrogens is 4. The average Bonchev–Trinajstić information content (AvgIpc) is 3.31. The van der Waals surface area contributed by atoms with Crippen molar-refractivity contribution >= 4 is 28.1 Å². The zero-order valence-electron chi connectivity index (χ0n) is 16.6. The van der Waals surface area contributed by atoms with Crippen LogP contribution in [0.2, 0.25) is 0 Å². The number of methoxy groups -OCH3 is 1. The van der Waals surface area contributed by atoms with Crippen LogP contribution in [0.3, 0.4) is 0 Å². The summed E-state index contributed by atoms with van der Waals surface area (Å²) in [5.41, 5.74) is -0.0508. The Bertz CT molecular complexity index is 1280. The molecule has 3 aliphatic rings. The van der Waals surface area contributed by atoms with Gasteiger partial charge in [0.1, 0.15) is 0 Å². The number of ether oxygens (including phenoxy) is 1. The summed E-state index contributed by atoms with van der Waals surface area (Å²) < 4.78 is 11.9. The van der Waals surface area contributed by atoms with Crippen molar-refractivity contribution in [3.8, 4) is 17.0 Å². The van der Waals surface area contributed by atoms with Gasteiger partial charge in [-0.05, 0) is 32.3 Å². The lowest BCUT2D eigenvalue weighted by Crippen LogP contribution is -2.70. The molecule has 3 heterocycles. The third kappa shape index (κ3) is 3.05. The smallest absolute Gasteiger partial charge is 0.381 e. The number of nitriles is 1. The first kappa shape index (κ1) is 19.3. The second-order valence-corrected chi connectivity index (χ2v) is 8.86. The molecule has 0 spiro atoms. The highest BCUT2D eigenvalue weighted by Gasteiger charge is 2.69. The molecule has 2 bridgehead atoms. The molecule has 2 N–H and O–H groups in total. The monoisotopic (exact) mass is 439 g/mol. The van der Waals surface area contributed by atoms with E-state index in [0.29, 0.717) is 30.1 Å². The third-order valence-corrected chi connectivity index (χ3v) is 6.47. The molecule has 0 aliphatic heterocycles. The normalized spacial score (nSPS) is 23.3. The average molecular weight is 439 g/mol.